The first-order chi connectivity index (χ1) is 10.8. The average Bonchev–Trinajstić information content (AvgIpc) is 2.90. The number of hydrogen-bond acceptors (Lipinski definition) is 3. The molecule has 126 valence electrons. The van der Waals surface area contributed by atoms with Crippen LogP contribution in [0, 0.1) is 0 Å². The molecule has 1 aliphatic rings. The van der Waals surface area contributed by atoms with E-state index in [1.807, 2.05) is 0 Å². The van der Waals surface area contributed by atoms with Gasteiger partial charge in [0.2, 0.25) is 0 Å². The largest absolute Gasteiger partial charge is 0.447 e. The van der Waals surface area contributed by atoms with Gasteiger partial charge in [-0.1, -0.05) is 6.07 Å². The molecule has 0 aliphatic carbocycles. The number of nitrogens with zero attached hydrogens (tertiary/aromatic N) is 2. The van der Waals surface area contributed by atoms with Gasteiger partial charge >= 0.3 is 18.3 Å². The van der Waals surface area contributed by atoms with Crippen molar-refractivity contribution < 1.29 is 27.5 Å². The molecule has 1 aromatic carbocycles. The Balaban J connectivity index is 2.07. The zero-order chi connectivity index (χ0) is 17.0. The molecule has 0 spiro atoms. The Labute approximate surface area is 130 Å². The lowest BCUT2D eigenvalue weighted by atomic mass is 10.2. The number of rotatable bonds is 4. The Bertz CT molecular complexity index is 592. The van der Waals surface area contributed by atoms with Crippen LogP contribution in [0.5, 0.6) is 0 Å². The van der Waals surface area contributed by atoms with E-state index in [0.29, 0.717) is 22.8 Å². The van der Waals surface area contributed by atoms with Crippen LogP contribution in [0.3, 0.4) is 0 Å². The normalized spacial score (nSPS) is 14.6. The first-order valence-electron chi connectivity index (χ1n) is 6.97. The van der Waals surface area contributed by atoms with Crippen LogP contribution in [0.25, 0.3) is 0 Å². The maximum atomic E-state index is 12.4. The van der Waals surface area contributed by atoms with Gasteiger partial charge in [-0.05, 0) is 25.1 Å². The van der Waals surface area contributed by atoms with Gasteiger partial charge in [-0.25, -0.2) is 9.59 Å². The molecule has 1 aromatic rings. The van der Waals surface area contributed by atoms with Gasteiger partial charge in [0, 0.05) is 17.9 Å². The Kier molecular flexibility index (Phi) is 4.97. The molecule has 0 bridgehead atoms. The number of amides is 3. The van der Waals surface area contributed by atoms with Crippen LogP contribution in [0.1, 0.15) is 6.92 Å². The SMILES string of the molecule is CCN(CC(F)(F)F)C(=O)Nc1cccc(N2CCOC2=O)c1. The van der Waals surface area contributed by atoms with Gasteiger partial charge in [0.25, 0.3) is 0 Å². The third-order valence-corrected chi connectivity index (χ3v) is 3.21. The Morgan fingerprint density at radius 2 is 2.17 bits per heavy atom. The second-order valence-corrected chi connectivity index (χ2v) is 4.88. The Morgan fingerprint density at radius 1 is 1.43 bits per heavy atom. The topological polar surface area (TPSA) is 61.9 Å². The minimum atomic E-state index is -4.46. The van der Waals surface area contributed by atoms with Gasteiger partial charge in [0.1, 0.15) is 13.2 Å². The second kappa shape index (κ2) is 6.76. The predicted molar refractivity (Wildman–Crippen MR) is 77.5 cm³/mol. The number of anilines is 2. The fourth-order valence-corrected chi connectivity index (χ4v) is 2.13. The summed E-state index contributed by atoms with van der Waals surface area (Å²) in [6, 6.07) is 5.42. The fraction of sp³-hybridized carbons (Fsp3) is 0.429. The summed E-state index contributed by atoms with van der Waals surface area (Å²) in [5.41, 5.74) is 0.803. The molecule has 0 saturated carbocycles. The maximum Gasteiger partial charge on any atom is 0.414 e. The van der Waals surface area contributed by atoms with E-state index in [1.165, 1.54) is 24.0 Å². The summed E-state index contributed by atoms with van der Waals surface area (Å²) in [6.07, 6.45) is -4.96. The van der Waals surface area contributed by atoms with Gasteiger partial charge in [-0.3, -0.25) is 4.90 Å². The minimum Gasteiger partial charge on any atom is -0.447 e. The molecule has 1 saturated heterocycles. The van der Waals surface area contributed by atoms with Crippen molar-refractivity contribution in [2.45, 2.75) is 13.1 Å². The second-order valence-electron chi connectivity index (χ2n) is 4.88. The number of cyclic esters (lactones) is 1. The quantitative estimate of drug-likeness (QED) is 0.922. The number of halogens is 3. The van der Waals surface area contributed by atoms with Crippen molar-refractivity contribution in [3.8, 4) is 0 Å². The van der Waals surface area contributed by atoms with Crippen molar-refractivity contribution in [1.29, 1.82) is 0 Å². The molecular formula is C14H16F3N3O3. The van der Waals surface area contributed by atoms with Crippen molar-refractivity contribution in [2.75, 3.05) is 36.5 Å². The summed E-state index contributed by atoms with van der Waals surface area (Å²) in [4.78, 5) is 25.5. The molecular weight excluding hydrogens is 315 g/mol. The van der Waals surface area contributed by atoms with Crippen LogP contribution in [-0.4, -0.2) is 49.4 Å². The molecule has 0 radical (unpaired) electrons. The van der Waals surface area contributed by atoms with Crippen LogP contribution in [0.4, 0.5) is 34.1 Å². The van der Waals surface area contributed by atoms with Crippen molar-refractivity contribution in [3.05, 3.63) is 24.3 Å². The van der Waals surface area contributed by atoms with Crippen molar-refractivity contribution in [3.63, 3.8) is 0 Å². The third-order valence-electron chi connectivity index (χ3n) is 3.21. The van der Waals surface area contributed by atoms with Crippen molar-refractivity contribution >= 4 is 23.5 Å². The molecule has 6 nitrogen and oxygen atoms in total. The molecule has 2 rings (SSSR count). The molecule has 1 fully saturated rings. The Hall–Kier alpha value is -2.45. The molecule has 0 aromatic heterocycles. The predicted octanol–water partition coefficient (Wildman–Crippen LogP) is 3.06. The number of alkyl halides is 3. The van der Waals surface area contributed by atoms with Gasteiger partial charge in [-0.2, -0.15) is 13.2 Å². The van der Waals surface area contributed by atoms with E-state index in [0.717, 1.165) is 0 Å². The minimum absolute atomic E-state index is 0.0799. The number of carbonyl (C=O) groups excluding carboxylic acids is 2. The zero-order valence-electron chi connectivity index (χ0n) is 12.4. The highest BCUT2D eigenvalue weighted by atomic mass is 19.4. The van der Waals surface area contributed by atoms with Crippen LogP contribution < -0.4 is 10.2 Å². The third kappa shape index (κ3) is 4.51. The molecule has 3 amide bonds. The van der Waals surface area contributed by atoms with Crippen LogP contribution in [0.2, 0.25) is 0 Å². The Morgan fingerprint density at radius 3 is 2.74 bits per heavy atom. The summed E-state index contributed by atoms with van der Waals surface area (Å²) >= 11 is 0. The zero-order valence-corrected chi connectivity index (χ0v) is 12.4. The number of nitrogens with one attached hydrogen (secondary N) is 1. The first-order valence-corrected chi connectivity index (χ1v) is 6.97. The summed E-state index contributed by atoms with van der Waals surface area (Å²) in [7, 11) is 0. The molecule has 1 heterocycles. The van der Waals surface area contributed by atoms with E-state index < -0.39 is 24.8 Å². The molecule has 1 N–H and O–H groups in total. The number of urea groups is 1. The van der Waals surface area contributed by atoms with E-state index >= 15 is 0 Å². The molecule has 0 unspecified atom stereocenters. The van der Waals surface area contributed by atoms with E-state index in [-0.39, 0.29) is 13.2 Å². The number of benzene rings is 1. The standard InChI is InChI=1S/C14H16F3N3O3/c1-2-19(9-14(15,16)17)12(21)18-10-4-3-5-11(8-10)20-6-7-23-13(20)22/h3-5,8H,2,6-7,9H2,1H3,(H,18,21). The molecule has 1 aliphatic heterocycles. The maximum absolute atomic E-state index is 12.4. The van der Waals surface area contributed by atoms with E-state index in [4.69, 9.17) is 4.74 Å². The van der Waals surface area contributed by atoms with Crippen LogP contribution in [-0.2, 0) is 4.74 Å². The van der Waals surface area contributed by atoms with Gasteiger partial charge < -0.3 is 15.0 Å². The first kappa shape index (κ1) is 16.9. The van der Waals surface area contributed by atoms with Crippen LogP contribution >= 0.6 is 0 Å². The highest BCUT2D eigenvalue weighted by molar-refractivity contribution is 5.93. The lowest BCUT2D eigenvalue weighted by Crippen LogP contribution is -2.41. The molecule has 23 heavy (non-hydrogen) atoms. The number of ether oxygens (including phenoxy) is 1. The van der Waals surface area contributed by atoms with Crippen molar-refractivity contribution in [2.24, 2.45) is 0 Å². The van der Waals surface area contributed by atoms with E-state index in [9.17, 15) is 22.8 Å². The molecule has 0 atom stereocenters. The van der Waals surface area contributed by atoms with Crippen LogP contribution in [0.15, 0.2) is 24.3 Å². The summed E-state index contributed by atoms with van der Waals surface area (Å²) in [5.74, 6) is 0. The summed E-state index contributed by atoms with van der Waals surface area (Å²) < 4.78 is 42.1. The van der Waals surface area contributed by atoms with E-state index in [2.05, 4.69) is 5.32 Å². The van der Waals surface area contributed by atoms with Gasteiger partial charge in [-0.15, -0.1) is 0 Å². The highest BCUT2D eigenvalue weighted by Gasteiger charge is 2.32. The smallest absolute Gasteiger partial charge is 0.414 e. The summed E-state index contributed by atoms with van der Waals surface area (Å²) in [6.45, 7) is 0.703. The number of hydrogen-bond donors (Lipinski definition) is 1. The summed E-state index contributed by atoms with van der Waals surface area (Å²) in [5, 5.41) is 2.40. The monoisotopic (exact) mass is 331 g/mol. The molecule has 9 heteroatoms. The van der Waals surface area contributed by atoms with E-state index in [1.54, 1.807) is 12.1 Å². The van der Waals surface area contributed by atoms with Gasteiger partial charge in [0.05, 0.1) is 6.54 Å². The lowest BCUT2D eigenvalue weighted by Gasteiger charge is -2.23. The average molecular weight is 331 g/mol. The fourth-order valence-electron chi connectivity index (χ4n) is 2.13. The number of carbonyl (C=O) groups is 2. The lowest BCUT2D eigenvalue weighted by molar-refractivity contribution is -0.139. The van der Waals surface area contributed by atoms with Gasteiger partial charge in [0.15, 0.2) is 0 Å². The van der Waals surface area contributed by atoms with Crippen molar-refractivity contribution in [1.82, 2.24) is 4.90 Å². The highest BCUT2D eigenvalue weighted by Crippen LogP contribution is 2.23.